The van der Waals surface area contributed by atoms with Gasteiger partial charge in [-0.15, -0.1) is 5.10 Å². The summed E-state index contributed by atoms with van der Waals surface area (Å²) < 4.78 is 84.3. The summed E-state index contributed by atoms with van der Waals surface area (Å²) in [7, 11) is 0. The van der Waals surface area contributed by atoms with Crippen LogP contribution in [0, 0.1) is 13.8 Å². The van der Waals surface area contributed by atoms with Crippen molar-refractivity contribution in [3.8, 4) is 22.8 Å². The quantitative estimate of drug-likeness (QED) is 0.267. The molecule has 0 aliphatic heterocycles. The average Bonchev–Trinajstić information content (AvgIpc) is 3.39. The maximum absolute atomic E-state index is 13.0. The lowest BCUT2D eigenvalue weighted by molar-refractivity contribution is -0.138. The van der Waals surface area contributed by atoms with Crippen LogP contribution < -0.4 is 5.73 Å². The highest BCUT2D eigenvalue weighted by Crippen LogP contribution is 2.33. The van der Waals surface area contributed by atoms with E-state index in [0.717, 1.165) is 53.2 Å². The van der Waals surface area contributed by atoms with Crippen molar-refractivity contribution in [2.75, 3.05) is 0 Å². The molecule has 1 amide bonds. The molecule has 0 radical (unpaired) electrons. The Morgan fingerprint density at radius 2 is 1.41 bits per heavy atom. The van der Waals surface area contributed by atoms with Crippen molar-refractivity contribution in [3.05, 3.63) is 76.7 Å². The van der Waals surface area contributed by atoms with Crippen LogP contribution in [0.5, 0.6) is 0 Å². The van der Waals surface area contributed by atoms with Gasteiger partial charge in [-0.25, -0.2) is 9.67 Å². The van der Waals surface area contributed by atoms with Crippen LogP contribution in [0.25, 0.3) is 34.5 Å². The Labute approximate surface area is 205 Å². The molecule has 2 aromatic carbocycles. The number of nitrogens with two attached hydrogens (primary N) is 1. The lowest BCUT2D eigenvalue weighted by atomic mass is 10.0. The number of nitrogens with zero attached hydrogens (tertiary/aromatic N) is 4. The first-order valence-corrected chi connectivity index (χ1v) is 10.5. The van der Waals surface area contributed by atoms with E-state index in [2.05, 4.69) is 15.2 Å². The molecule has 0 aliphatic carbocycles. The van der Waals surface area contributed by atoms with E-state index >= 15 is 0 Å². The predicted octanol–water partition coefficient (Wildman–Crippen LogP) is 5.74. The van der Waals surface area contributed by atoms with Crippen LogP contribution in [-0.2, 0) is 17.1 Å². The first-order valence-electron chi connectivity index (χ1n) is 10.5. The topological polar surface area (TPSA) is 99.8 Å². The number of rotatable bonds is 5. The Balaban J connectivity index is 1.89. The summed E-state index contributed by atoms with van der Waals surface area (Å²) >= 11 is 0. The molecule has 4 aromatic rings. The predicted molar refractivity (Wildman–Crippen MR) is 120 cm³/mol. The number of halogens is 6. The van der Waals surface area contributed by atoms with Crippen LogP contribution in [0.1, 0.15) is 28.1 Å². The SMILES string of the molecule is Cc1noc(C)c1C(=Cn1nc(-c2ccc(C(F)(F)F)cc2)nc1-c1ccc(C(F)(F)F)cc1)C(N)=O. The Morgan fingerprint density at radius 3 is 1.84 bits per heavy atom. The fraction of sp³-hybridized carbons (Fsp3) is 0.167. The van der Waals surface area contributed by atoms with Crippen molar-refractivity contribution in [3.63, 3.8) is 0 Å². The van der Waals surface area contributed by atoms with Gasteiger partial charge in [-0.2, -0.15) is 26.3 Å². The fourth-order valence-electron chi connectivity index (χ4n) is 3.59. The van der Waals surface area contributed by atoms with Crippen molar-refractivity contribution in [2.45, 2.75) is 26.2 Å². The first-order chi connectivity index (χ1) is 17.3. The molecule has 192 valence electrons. The molecule has 2 heterocycles. The molecule has 2 N–H and O–H groups in total. The molecule has 0 unspecified atom stereocenters. The number of amides is 1. The molecule has 0 saturated carbocycles. The van der Waals surface area contributed by atoms with E-state index in [1.165, 1.54) is 6.20 Å². The van der Waals surface area contributed by atoms with E-state index in [9.17, 15) is 31.1 Å². The number of aromatic nitrogens is 4. The Bertz CT molecular complexity index is 1460. The van der Waals surface area contributed by atoms with Gasteiger partial charge < -0.3 is 10.3 Å². The number of primary amides is 1. The number of alkyl halides is 6. The second kappa shape index (κ2) is 9.22. The summed E-state index contributed by atoms with van der Waals surface area (Å²) in [5.74, 6) is -0.627. The zero-order valence-electron chi connectivity index (χ0n) is 19.1. The van der Waals surface area contributed by atoms with Gasteiger partial charge in [-0.3, -0.25) is 4.79 Å². The van der Waals surface area contributed by atoms with E-state index in [1.807, 2.05) is 0 Å². The third-order valence-electron chi connectivity index (χ3n) is 5.39. The Morgan fingerprint density at radius 1 is 0.892 bits per heavy atom. The summed E-state index contributed by atoms with van der Waals surface area (Å²) in [5, 5.41) is 8.07. The van der Waals surface area contributed by atoms with E-state index in [0.29, 0.717) is 5.69 Å². The molecule has 0 spiro atoms. The normalized spacial score (nSPS) is 12.7. The third-order valence-corrected chi connectivity index (χ3v) is 5.39. The van der Waals surface area contributed by atoms with Gasteiger partial charge in [0.15, 0.2) is 11.6 Å². The van der Waals surface area contributed by atoms with Gasteiger partial charge in [0.25, 0.3) is 5.91 Å². The van der Waals surface area contributed by atoms with Crippen molar-refractivity contribution >= 4 is 17.7 Å². The molecular weight excluding hydrogens is 504 g/mol. The number of hydrogen-bond donors (Lipinski definition) is 1. The largest absolute Gasteiger partial charge is 0.416 e. The van der Waals surface area contributed by atoms with Crippen LogP contribution in [0.15, 0.2) is 53.1 Å². The molecule has 2 aromatic heterocycles. The molecule has 7 nitrogen and oxygen atoms in total. The number of aryl methyl sites for hydroxylation is 2. The van der Waals surface area contributed by atoms with E-state index < -0.39 is 29.4 Å². The van der Waals surface area contributed by atoms with Crippen molar-refractivity contribution in [2.24, 2.45) is 5.73 Å². The lowest BCUT2D eigenvalue weighted by Gasteiger charge is -2.08. The minimum Gasteiger partial charge on any atom is -0.366 e. The number of hydrogen-bond acceptors (Lipinski definition) is 5. The van der Waals surface area contributed by atoms with Crippen molar-refractivity contribution in [1.29, 1.82) is 0 Å². The van der Waals surface area contributed by atoms with Gasteiger partial charge >= 0.3 is 12.4 Å². The second-order valence-electron chi connectivity index (χ2n) is 7.96. The summed E-state index contributed by atoms with van der Waals surface area (Å²) in [6.45, 7) is 3.13. The van der Waals surface area contributed by atoms with Gasteiger partial charge in [0.1, 0.15) is 5.76 Å². The monoisotopic (exact) mass is 521 g/mol. The highest BCUT2D eigenvalue weighted by Gasteiger charge is 2.31. The molecule has 0 bridgehead atoms. The van der Waals surface area contributed by atoms with E-state index in [-0.39, 0.29) is 39.7 Å². The van der Waals surface area contributed by atoms with Gasteiger partial charge in [-0.1, -0.05) is 29.4 Å². The summed E-state index contributed by atoms with van der Waals surface area (Å²) in [4.78, 5) is 16.6. The number of carbonyl (C=O) groups is 1. The third kappa shape index (κ3) is 5.25. The highest BCUT2D eigenvalue weighted by atomic mass is 19.4. The standard InChI is InChI=1S/C24H17F6N5O2/c1-12-19(13(2)37-34-12)18(20(31)36)11-35-22(15-5-9-17(10-6-15)24(28,29)30)32-21(33-35)14-3-7-16(8-4-14)23(25,26)27/h3-11H,1-2H3,(H2,31,36). The van der Waals surface area contributed by atoms with Crippen LogP contribution in [0.4, 0.5) is 26.3 Å². The van der Waals surface area contributed by atoms with Crippen LogP contribution in [0.2, 0.25) is 0 Å². The van der Waals surface area contributed by atoms with E-state index in [1.54, 1.807) is 13.8 Å². The van der Waals surface area contributed by atoms with Gasteiger partial charge in [0.05, 0.1) is 28.0 Å². The minimum absolute atomic E-state index is 0.00846. The van der Waals surface area contributed by atoms with E-state index in [4.69, 9.17) is 10.3 Å². The molecule has 37 heavy (non-hydrogen) atoms. The molecule has 0 aliphatic rings. The molecule has 0 saturated heterocycles. The number of carbonyl (C=O) groups excluding carboxylic acids is 1. The molecule has 13 heteroatoms. The van der Waals surface area contributed by atoms with Crippen LogP contribution in [0.3, 0.4) is 0 Å². The summed E-state index contributed by atoms with van der Waals surface area (Å²) in [5.41, 5.74) is 4.75. The molecule has 0 atom stereocenters. The minimum atomic E-state index is -4.57. The van der Waals surface area contributed by atoms with Crippen LogP contribution in [-0.4, -0.2) is 25.8 Å². The van der Waals surface area contributed by atoms with Gasteiger partial charge in [0, 0.05) is 17.3 Å². The van der Waals surface area contributed by atoms with Crippen LogP contribution >= 0.6 is 0 Å². The van der Waals surface area contributed by atoms with Crippen molar-refractivity contribution < 1.29 is 35.7 Å². The van der Waals surface area contributed by atoms with Gasteiger partial charge in [0.2, 0.25) is 0 Å². The first kappa shape index (κ1) is 25.7. The molecular formula is C24H17F6N5O2. The molecule has 4 rings (SSSR count). The summed E-state index contributed by atoms with van der Waals surface area (Å²) in [6, 6.07) is 8.03. The van der Waals surface area contributed by atoms with Gasteiger partial charge in [-0.05, 0) is 38.1 Å². The highest BCUT2D eigenvalue weighted by molar-refractivity contribution is 6.22. The second-order valence-corrected chi connectivity index (χ2v) is 7.96. The number of benzene rings is 2. The molecule has 0 fully saturated rings. The average molecular weight is 521 g/mol. The Hall–Kier alpha value is -4.42. The van der Waals surface area contributed by atoms with Crippen molar-refractivity contribution in [1.82, 2.24) is 19.9 Å². The maximum atomic E-state index is 13.0. The maximum Gasteiger partial charge on any atom is 0.416 e. The summed E-state index contributed by atoms with van der Waals surface area (Å²) in [6.07, 6.45) is -7.91. The smallest absolute Gasteiger partial charge is 0.366 e. The Kier molecular flexibility index (Phi) is 6.40. The fourth-order valence-corrected chi connectivity index (χ4v) is 3.59. The zero-order valence-corrected chi connectivity index (χ0v) is 19.1. The zero-order chi connectivity index (χ0) is 27.1. The lowest BCUT2D eigenvalue weighted by Crippen LogP contribution is -2.15.